The Morgan fingerprint density at radius 1 is 0.935 bits per heavy atom. The van der Waals surface area contributed by atoms with Crippen molar-refractivity contribution >= 4 is 64.0 Å². The Hall–Kier alpha value is -2.68. The first-order valence-corrected chi connectivity index (χ1v) is 10.3. The molecule has 0 aromatic heterocycles. The first kappa shape index (κ1) is 23.0. The van der Waals surface area contributed by atoms with Gasteiger partial charge in [0, 0.05) is 5.02 Å². The Balaban J connectivity index is 1.92. The molecule has 0 unspecified atom stereocenters. The van der Waals surface area contributed by atoms with Gasteiger partial charge in [0.15, 0.2) is 11.5 Å². The lowest BCUT2D eigenvalue weighted by Crippen LogP contribution is -2.11. The maximum Gasteiger partial charge on any atom is 0.346 e. The van der Waals surface area contributed by atoms with Crippen LogP contribution >= 0.6 is 46.4 Å². The minimum Gasteiger partial charge on any atom is -0.493 e. The molecule has 0 aliphatic heterocycles. The molecule has 0 fully saturated rings. The number of hydrogen-bond acceptors (Lipinski definition) is 4. The van der Waals surface area contributed by atoms with Crippen LogP contribution in [0.4, 0.5) is 0 Å². The summed E-state index contributed by atoms with van der Waals surface area (Å²) in [5.74, 6) is -0.343. The smallest absolute Gasteiger partial charge is 0.346 e. The third kappa shape index (κ3) is 5.33. The van der Waals surface area contributed by atoms with Crippen LogP contribution in [0.3, 0.4) is 0 Å². The zero-order valence-corrected chi connectivity index (χ0v) is 19.0. The van der Waals surface area contributed by atoms with Crippen LogP contribution in [-0.4, -0.2) is 13.1 Å². The van der Waals surface area contributed by atoms with E-state index < -0.39 is 5.97 Å². The van der Waals surface area contributed by atoms with Crippen molar-refractivity contribution in [1.82, 2.24) is 0 Å². The highest BCUT2D eigenvalue weighted by Crippen LogP contribution is 2.35. The van der Waals surface area contributed by atoms with E-state index in [0.29, 0.717) is 21.7 Å². The number of nitriles is 1. The van der Waals surface area contributed by atoms with Crippen molar-refractivity contribution in [3.05, 3.63) is 91.4 Å². The molecule has 0 heterocycles. The van der Waals surface area contributed by atoms with Crippen LogP contribution in [0.2, 0.25) is 20.1 Å². The van der Waals surface area contributed by atoms with E-state index in [1.165, 1.54) is 19.2 Å². The quantitative estimate of drug-likeness (QED) is 0.121. The van der Waals surface area contributed by atoms with Gasteiger partial charge in [-0.3, -0.25) is 0 Å². The lowest BCUT2D eigenvalue weighted by atomic mass is 10.0. The molecule has 0 saturated carbocycles. The fourth-order valence-corrected chi connectivity index (χ4v) is 3.51. The van der Waals surface area contributed by atoms with Gasteiger partial charge in [-0.1, -0.05) is 64.6 Å². The van der Waals surface area contributed by atoms with Gasteiger partial charge in [0.1, 0.15) is 0 Å². The van der Waals surface area contributed by atoms with Gasteiger partial charge in [-0.2, -0.15) is 5.26 Å². The third-order valence-electron chi connectivity index (χ3n) is 4.23. The number of halogens is 4. The molecule has 0 amide bonds. The van der Waals surface area contributed by atoms with Gasteiger partial charge < -0.3 is 9.47 Å². The second-order valence-corrected chi connectivity index (χ2v) is 7.82. The molecule has 3 aromatic carbocycles. The van der Waals surface area contributed by atoms with Crippen LogP contribution in [0.15, 0.2) is 54.6 Å². The Kier molecular flexibility index (Phi) is 7.48. The van der Waals surface area contributed by atoms with Crippen LogP contribution in [0.1, 0.15) is 21.5 Å². The van der Waals surface area contributed by atoms with Crippen molar-refractivity contribution in [3.8, 4) is 17.6 Å². The van der Waals surface area contributed by atoms with Gasteiger partial charge >= 0.3 is 5.97 Å². The third-order valence-corrected chi connectivity index (χ3v) is 5.60. The summed E-state index contributed by atoms with van der Waals surface area (Å²) < 4.78 is 10.8. The zero-order chi connectivity index (χ0) is 22.5. The molecule has 0 spiro atoms. The van der Waals surface area contributed by atoms with Gasteiger partial charge in [0.2, 0.25) is 0 Å². The molecular weight excluding hydrogens is 480 g/mol. The first-order chi connectivity index (χ1) is 14.8. The fraction of sp³-hybridized carbons (Fsp3) is 0.0435. The van der Waals surface area contributed by atoms with E-state index in [-0.39, 0.29) is 32.1 Å². The summed E-state index contributed by atoms with van der Waals surface area (Å²) in [6.45, 7) is 0. The standard InChI is InChI=1S/C23H13Cl4NO3/c1-30-20-11-13(10-15(12-28)14-3-5-16(24)6-4-14)2-9-19(20)31-23(29)21-17(25)7-8-18(26)22(21)27/h2-11H,1H3/b15-10+. The number of carbonyl (C=O) groups is 1. The van der Waals surface area contributed by atoms with E-state index >= 15 is 0 Å². The van der Waals surface area contributed by atoms with Gasteiger partial charge in [-0.15, -0.1) is 0 Å². The number of allylic oxidation sites excluding steroid dienone is 1. The summed E-state index contributed by atoms with van der Waals surface area (Å²) >= 11 is 24.1. The molecule has 0 radical (unpaired) electrons. The largest absolute Gasteiger partial charge is 0.493 e. The van der Waals surface area contributed by atoms with Crippen molar-refractivity contribution in [2.45, 2.75) is 0 Å². The summed E-state index contributed by atoms with van der Waals surface area (Å²) in [7, 11) is 1.43. The summed E-state index contributed by atoms with van der Waals surface area (Å²) in [6.07, 6.45) is 1.68. The van der Waals surface area contributed by atoms with Crippen LogP contribution in [0, 0.1) is 11.3 Å². The van der Waals surface area contributed by atoms with Gasteiger partial charge in [0.05, 0.1) is 39.4 Å². The van der Waals surface area contributed by atoms with Crippen LogP contribution in [0.5, 0.6) is 11.5 Å². The maximum atomic E-state index is 12.6. The highest BCUT2D eigenvalue weighted by Gasteiger charge is 2.21. The monoisotopic (exact) mass is 491 g/mol. The van der Waals surface area contributed by atoms with Crippen LogP contribution in [0.25, 0.3) is 11.6 Å². The predicted octanol–water partition coefficient (Wildman–Crippen LogP) is 7.59. The Morgan fingerprint density at radius 2 is 1.61 bits per heavy atom. The molecule has 0 saturated heterocycles. The molecule has 31 heavy (non-hydrogen) atoms. The minimum atomic E-state index is -0.780. The molecule has 4 nitrogen and oxygen atoms in total. The van der Waals surface area contributed by atoms with E-state index in [0.717, 1.165) is 0 Å². The van der Waals surface area contributed by atoms with Crippen LogP contribution in [-0.2, 0) is 0 Å². The highest BCUT2D eigenvalue weighted by atomic mass is 35.5. The van der Waals surface area contributed by atoms with Crippen molar-refractivity contribution in [2.24, 2.45) is 0 Å². The lowest BCUT2D eigenvalue weighted by molar-refractivity contribution is 0.0730. The molecule has 156 valence electrons. The van der Waals surface area contributed by atoms with E-state index in [4.69, 9.17) is 55.9 Å². The number of carbonyl (C=O) groups excluding carboxylic acids is 1. The van der Waals surface area contributed by atoms with E-state index in [1.54, 1.807) is 48.5 Å². The summed E-state index contributed by atoms with van der Waals surface area (Å²) in [4.78, 5) is 12.6. The molecule has 0 bridgehead atoms. The number of rotatable bonds is 5. The van der Waals surface area contributed by atoms with Gasteiger partial charge in [-0.05, 0) is 53.6 Å². The topological polar surface area (TPSA) is 59.3 Å². The summed E-state index contributed by atoms with van der Waals surface area (Å²) in [5, 5.41) is 10.4. The Morgan fingerprint density at radius 3 is 2.26 bits per heavy atom. The molecule has 0 aliphatic rings. The van der Waals surface area contributed by atoms with Crippen molar-refractivity contribution in [3.63, 3.8) is 0 Å². The maximum absolute atomic E-state index is 12.6. The number of esters is 1. The molecule has 8 heteroatoms. The van der Waals surface area contributed by atoms with E-state index in [1.807, 2.05) is 0 Å². The molecule has 0 N–H and O–H groups in total. The molecule has 0 aliphatic carbocycles. The Labute approximate surface area is 199 Å². The predicted molar refractivity (Wildman–Crippen MR) is 124 cm³/mol. The lowest BCUT2D eigenvalue weighted by Gasteiger charge is -2.12. The van der Waals surface area contributed by atoms with E-state index in [9.17, 15) is 10.1 Å². The molecular formula is C23H13Cl4NO3. The number of hydrogen-bond donors (Lipinski definition) is 0. The van der Waals surface area contributed by atoms with Gasteiger partial charge in [0.25, 0.3) is 0 Å². The molecule has 3 aromatic rings. The highest BCUT2D eigenvalue weighted by molar-refractivity contribution is 6.46. The summed E-state index contributed by atoms with van der Waals surface area (Å²) in [5.41, 5.74) is 1.77. The van der Waals surface area contributed by atoms with E-state index in [2.05, 4.69) is 6.07 Å². The Bertz CT molecular complexity index is 1210. The molecule has 0 atom stereocenters. The minimum absolute atomic E-state index is 0.000636. The SMILES string of the molecule is COc1cc(/C=C(\C#N)c2ccc(Cl)cc2)ccc1OC(=O)c1c(Cl)ccc(Cl)c1Cl. The first-order valence-electron chi connectivity index (χ1n) is 8.75. The second kappa shape index (κ2) is 10.1. The average Bonchev–Trinajstić information content (AvgIpc) is 2.76. The summed E-state index contributed by atoms with van der Waals surface area (Å²) in [6, 6.07) is 16.9. The van der Waals surface area contributed by atoms with Crippen molar-refractivity contribution in [1.29, 1.82) is 5.26 Å². The number of methoxy groups -OCH3 is 1. The molecule has 3 rings (SSSR count). The number of benzene rings is 3. The average molecular weight is 493 g/mol. The van der Waals surface area contributed by atoms with Crippen molar-refractivity contribution in [2.75, 3.05) is 7.11 Å². The normalized spacial score (nSPS) is 11.0. The fourth-order valence-electron chi connectivity index (χ4n) is 2.70. The number of ether oxygens (including phenoxy) is 2. The second-order valence-electron chi connectivity index (χ2n) is 6.19. The van der Waals surface area contributed by atoms with Crippen LogP contribution < -0.4 is 9.47 Å². The number of nitrogens with zero attached hydrogens (tertiary/aromatic N) is 1. The van der Waals surface area contributed by atoms with Gasteiger partial charge in [-0.25, -0.2) is 4.79 Å². The zero-order valence-electron chi connectivity index (χ0n) is 16.0. The van der Waals surface area contributed by atoms with Crippen molar-refractivity contribution < 1.29 is 14.3 Å².